The monoisotopic (exact) mass is 217 g/mol. The van der Waals surface area contributed by atoms with Crippen LogP contribution in [0.25, 0.3) is 0 Å². The first kappa shape index (κ1) is 10.6. The number of hydrogen-bond acceptors (Lipinski definition) is 4. The maximum absolute atomic E-state index is 4.32. The molecule has 0 spiro atoms. The van der Waals surface area contributed by atoms with Gasteiger partial charge in [0.15, 0.2) is 0 Å². The van der Waals surface area contributed by atoms with Gasteiger partial charge in [-0.15, -0.1) is 0 Å². The molecule has 5 nitrogen and oxygen atoms in total. The van der Waals surface area contributed by atoms with Crippen LogP contribution in [0, 0.1) is 20.8 Å². The Morgan fingerprint density at radius 2 is 1.94 bits per heavy atom. The van der Waals surface area contributed by atoms with Crippen LogP contribution in [-0.4, -0.2) is 19.7 Å². The van der Waals surface area contributed by atoms with Crippen LogP contribution >= 0.6 is 0 Å². The van der Waals surface area contributed by atoms with E-state index in [1.54, 1.807) is 4.68 Å². The van der Waals surface area contributed by atoms with Crippen LogP contribution in [0.2, 0.25) is 0 Å². The summed E-state index contributed by atoms with van der Waals surface area (Å²) in [4.78, 5) is 8.55. The van der Waals surface area contributed by atoms with Crippen molar-refractivity contribution in [1.82, 2.24) is 19.7 Å². The molecule has 5 heteroatoms. The Kier molecular flexibility index (Phi) is 2.60. The largest absolute Gasteiger partial charge is 0.337 e. The van der Waals surface area contributed by atoms with E-state index in [1.165, 1.54) is 0 Å². The summed E-state index contributed by atoms with van der Waals surface area (Å²) in [6, 6.07) is 1.92. The summed E-state index contributed by atoms with van der Waals surface area (Å²) in [6.45, 7) is 5.80. The molecule has 0 aromatic carbocycles. The molecule has 0 aliphatic carbocycles. The highest BCUT2D eigenvalue weighted by molar-refractivity contribution is 5.57. The minimum atomic E-state index is 0.768. The zero-order valence-electron chi connectivity index (χ0n) is 9.94. The Hall–Kier alpha value is -1.91. The van der Waals surface area contributed by atoms with E-state index >= 15 is 0 Å². The van der Waals surface area contributed by atoms with Crippen LogP contribution in [0.4, 0.5) is 11.5 Å². The van der Waals surface area contributed by atoms with E-state index in [2.05, 4.69) is 20.4 Å². The molecule has 0 atom stereocenters. The number of aromatic nitrogens is 4. The molecule has 2 aromatic heterocycles. The minimum Gasteiger partial charge on any atom is -0.337 e. The summed E-state index contributed by atoms with van der Waals surface area (Å²) < 4.78 is 1.78. The van der Waals surface area contributed by atoms with Crippen molar-refractivity contribution in [2.45, 2.75) is 20.8 Å². The van der Waals surface area contributed by atoms with Crippen LogP contribution in [0.5, 0.6) is 0 Å². The smallest absolute Gasteiger partial charge is 0.134 e. The number of nitrogens with zero attached hydrogens (tertiary/aromatic N) is 4. The lowest BCUT2D eigenvalue weighted by Gasteiger charge is -2.05. The van der Waals surface area contributed by atoms with Gasteiger partial charge in [0, 0.05) is 25.0 Å². The van der Waals surface area contributed by atoms with E-state index in [0.29, 0.717) is 0 Å². The molecule has 0 aliphatic heterocycles. The van der Waals surface area contributed by atoms with Gasteiger partial charge in [0.25, 0.3) is 0 Å². The highest BCUT2D eigenvalue weighted by atomic mass is 15.3. The van der Waals surface area contributed by atoms with Crippen molar-refractivity contribution in [2.75, 3.05) is 5.32 Å². The zero-order valence-corrected chi connectivity index (χ0v) is 9.94. The van der Waals surface area contributed by atoms with Gasteiger partial charge in [0.2, 0.25) is 0 Å². The van der Waals surface area contributed by atoms with Crippen molar-refractivity contribution in [3.63, 3.8) is 0 Å². The first-order valence-corrected chi connectivity index (χ1v) is 5.14. The number of rotatable bonds is 2. The van der Waals surface area contributed by atoms with Gasteiger partial charge in [-0.2, -0.15) is 5.10 Å². The molecule has 16 heavy (non-hydrogen) atoms. The summed E-state index contributed by atoms with van der Waals surface area (Å²) >= 11 is 0. The van der Waals surface area contributed by atoms with Gasteiger partial charge in [0.05, 0.1) is 11.4 Å². The molecule has 0 saturated carbocycles. The molecule has 0 saturated heterocycles. The Morgan fingerprint density at radius 1 is 1.19 bits per heavy atom. The third-order valence-corrected chi connectivity index (χ3v) is 2.24. The Bertz CT molecular complexity index is 495. The summed E-state index contributed by atoms with van der Waals surface area (Å²) in [7, 11) is 1.90. The second kappa shape index (κ2) is 3.92. The predicted molar refractivity (Wildman–Crippen MR) is 62.7 cm³/mol. The van der Waals surface area contributed by atoms with Gasteiger partial charge in [-0.25, -0.2) is 9.97 Å². The maximum atomic E-state index is 4.32. The van der Waals surface area contributed by atoms with Gasteiger partial charge in [0.1, 0.15) is 11.6 Å². The van der Waals surface area contributed by atoms with Crippen LogP contribution < -0.4 is 5.32 Å². The summed E-state index contributed by atoms with van der Waals surface area (Å²) in [5.74, 6) is 1.57. The van der Waals surface area contributed by atoms with Gasteiger partial charge in [-0.05, 0) is 20.8 Å². The summed E-state index contributed by atoms with van der Waals surface area (Å²) in [5, 5.41) is 7.50. The predicted octanol–water partition coefficient (Wildman–Crippen LogP) is 1.88. The van der Waals surface area contributed by atoms with Crippen molar-refractivity contribution in [3.05, 3.63) is 29.5 Å². The Morgan fingerprint density at radius 3 is 2.50 bits per heavy atom. The first-order chi connectivity index (χ1) is 7.54. The van der Waals surface area contributed by atoms with Crippen molar-refractivity contribution >= 4 is 11.5 Å². The number of aryl methyl sites for hydroxylation is 4. The molecule has 2 rings (SSSR count). The molecule has 0 bridgehead atoms. The van der Waals surface area contributed by atoms with Crippen molar-refractivity contribution in [3.8, 4) is 0 Å². The molecule has 0 fully saturated rings. The van der Waals surface area contributed by atoms with Crippen LogP contribution in [0.1, 0.15) is 17.2 Å². The number of anilines is 2. The SMILES string of the molecule is Cc1cc(Nc2cn(C)nc2C)nc(C)n1. The van der Waals surface area contributed by atoms with Gasteiger partial charge in [-0.3, -0.25) is 4.68 Å². The topological polar surface area (TPSA) is 55.6 Å². The lowest BCUT2D eigenvalue weighted by Crippen LogP contribution is -1.98. The Labute approximate surface area is 94.5 Å². The van der Waals surface area contributed by atoms with Gasteiger partial charge in [-0.1, -0.05) is 0 Å². The van der Waals surface area contributed by atoms with E-state index in [0.717, 1.165) is 28.7 Å². The minimum absolute atomic E-state index is 0.768. The molecule has 2 aromatic rings. The van der Waals surface area contributed by atoms with Gasteiger partial charge < -0.3 is 5.32 Å². The zero-order chi connectivity index (χ0) is 11.7. The van der Waals surface area contributed by atoms with Crippen molar-refractivity contribution in [1.29, 1.82) is 0 Å². The van der Waals surface area contributed by atoms with E-state index in [1.807, 2.05) is 40.1 Å². The first-order valence-electron chi connectivity index (χ1n) is 5.14. The van der Waals surface area contributed by atoms with E-state index in [9.17, 15) is 0 Å². The third kappa shape index (κ3) is 2.18. The molecule has 1 N–H and O–H groups in total. The molecule has 0 unspecified atom stereocenters. The molecular formula is C11H15N5. The fourth-order valence-corrected chi connectivity index (χ4v) is 1.64. The van der Waals surface area contributed by atoms with Crippen LogP contribution in [0.3, 0.4) is 0 Å². The lowest BCUT2D eigenvalue weighted by atomic mass is 10.3. The van der Waals surface area contributed by atoms with E-state index in [-0.39, 0.29) is 0 Å². The molecule has 2 heterocycles. The molecular weight excluding hydrogens is 202 g/mol. The summed E-state index contributed by atoms with van der Waals surface area (Å²) in [6.07, 6.45) is 1.93. The Balaban J connectivity index is 2.30. The average molecular weight is 217 g/mol. The molecule has 0 amide bonds. The highest BCUT2D eigenvalue weighted by Gasteiger charge is 2.04. The normalized spacial score (nSPS) is 10.5. The summed E-state index contributed by atoms with van der Waals surface area (Å²) in [5.41, 5.74) is 2.88. The van der Waals surface area contributed by atoms with Crippen LogP contribution in [0.15, 0.2) is 12.3 Å². The quantitative estimate of drug-likeness (QED) is 0.834. The molecule has 84 valence electrons. The third-order valence-electron chi connectivity index (χ3n) is 2.24. The molecule has 0 radical (unpaired) electrons. The lowest BCUT2D eigenvalue weighted by molar-refractivity contribution is 0.756. The van der Waals surface area contributed by atoms with Crippen molar-refractivity contribution in [2.24, 2.45) is 7.05 Å². The number of nitrogens with one attached hydrogen (secondary N) is 1. The number of hydrogen-bond donors (Lipinski definition) is 1. The highest BCUT2D eigenvalue weighted by Crippen LogP contribution is 2.17. The fraction of sp³-hybridized carbons (Fsp3) is 0.364. The fourth-order valence-electron chi connectivity index (χ4n) is 1.64. The molecule has 0 aliphatic rings. The maximum Gasteiger partial charge on any atom is 0.134 e. The second-order valence-corrected chi connectivity index (χ2v) is 3.87. The van der Waals surface area contributed by atoms with E-state index in [4.69, 9.17) is 0 Å². The van der Waals surface area contributed by atoms with Gasteiger partial charge >= 0.3 is 0 Å². The van der Waals surface area contributed by atoms with E-state index < -0.39 is 0 Å². The van der Waals surface area contributed by atoms with Crippen molar-refractivity contribution < 1.29 is 0 Å². The second-order valence-electron chi connectivity index (χ2n) is 3.87. The average Bonchev–Trinajstić information content (AvgIpc) is 2.43. The van der Waals surface area contributed by atoms with Crippen LogP contribution in [-0.2, 0) is 7.05 Å². The standard InChI is InChI=1S/C11H15N5/c1-7-5-11(13-9(3)12-7)14-10-6-16(4)15-8(10)2/h5-6H,1-4H3,(H,12,13,14).